The number of benzene rings is 2. The third-order valence-electron chi connectivity index (χ3n) is 3.30. The molecular formula is C18H16Br2FNO. The predicted octanol–water partition coefficient (Wildman–Crippen LogP) is 6.34. The summed E-state index contributed by atoms with van der Waals surface area (Å²) < 4.78 is 20.0. The minimum atomic E-state index is -0.221. The van der Waals surface area contributed by atoms with Crippen molar-refractivity contribution in [3.8, 4) is 5.75 Å². The Balaban J connectivity index is 2.18. The number of rotatable bonds is 6. The van der Waals surface area contributed by atoms with Gasteiger partial charge in [-0.15, -0.1) is 0 Å². The van der Waals surface area contributed by atoms with Crippen molar-refractivity contribution < 1.29 is 9.13 Å². The molecule has 0 aliphatic rings. The second-order valence-electron chi connectivity index (χ2n) is 4.82. The SMILES string of the molecule is C=Cc1c(Br)cc(Br)c(OC)c1N=CCCc1ccc(F)cc1. The summed E-state index contributed by atoms with van der Waals surface area (Å²) in [5.41, 5.74) is 2.68. The van der Waals surface area contributed by atoms with Gasteiger partial charge in [0.2, 0.25) is 0 Å². The summed E-state index contributed by atoms with van der Waals surface area (Å²) in [5, 5.41) is 0. The van der Waals surface area contributed by atoms with Gasteiger partial charge in [0.25, 0.3) is 0 Å². The van der Waals surface area contributed by atoms with Gasteiger partial charge in [-0.1, -0.05) is 40.7 Å². The highest BCUT2D eigenvalue weighted by atomic mass is 79.9. The first kappa shape index (κ1) is 17.9. The number of halogens is 3. The molecule has 0 N–H and O–H groups in total. The maximum Gasteiger partial charge on any atom is 0.159 e. The van der Waals surface area contributed by atoms with Crippen LogP contribution in [0.5, 0.6) is 5.75 Å². The van der Waals surface area contributed by atoms with E-state index >= 15 is 0 Å². The average molecular weight is 441 g/mol. The van der Waals surface area contributed by atoms with Crippen molar-refractivity contribution >= 4 is 49.8 Å². The zero-order valence-electron chi connectivity index (χ0n) is 12.7. The van der Waals surface area contributed by atoms with E-state index in [2.05, 4.69) is 43.4 Å². The Bertz CT molecular complexity index is 727. The van der Waals surface area contributed by atoms with Gasteiger partial charge in [0.15, 0.2) is 5.75 Å². The van der Waals surface area contributed by atoms with E-state index < -0.39 is 0 Å². The Labute approximate surface area is 152 Å². The predicted molar refractivity (Wildman–Crippen MR) is 101 cm³/mol. The molecule has 0 saturated carbocycles. The van der Waals surface area contributed by atoms with E-state index in [4.69, 9.17) is 4.74 Å². The minimum absolute atomic E-state index is 0.221. The van der Waals surface area contributed by atoms with Gasteiger partial charge < -0.3 is 4.74 Å². The van der Waals surface area contributed by atoms with Gasteiger partial charge in [-0.25, -0.2) is 4.39 Å². The van der Waals surface area contributed by atoms with E-state index in [-0.39, 0.29) is 5.82 Å². The quantitative estimate of drug-likeness (QED) is 0.480. The molecule has 0 spiro atoms. The van der Waals surface area contributed by atoms with E-state index in [9.17, 15) is 4.39 Å². The zero-order valence-corrected chi connectivity index (χ0v) is 15.8. The first-order chi connectivity index (χ1) is 11.1. The lowest BCUT2D eigenvalue weighted by Gasteiger charge is -2.12. The molecule has 0 heterocycles. The molecule has 0 radical (unpaired) electrons. The molecule has 5 heteroatoms. The number of hydrogen-bond donors (Lipinski definition) is 0. The maximum absolute atomic E-state index is 12.9. The van der Waals surface area contributed by atoms with Crippen molar-refractivity contribution in [2.75, 3.05) is 7.11 Å². The summed E-state index contributed by atoms with van der Waals surface area (Å²) in [4.78, 5) is 4.55. The molecule has 0 amide bonds. The molecule has 0 saturated heterocycles. The van der Waals surface area contributed by atoms with Crippen LogP contribution in [0, 0.1) is 5.82 Å². The number of aryl methyl sites for hydroxylation is 1. The normalized spacial score (nSPS) is 11.0. The summed E-state index contributed by atoms with van der Waals surface area (Å²) in [6.45, 7) is 3.83. The highest BCUT2D eigenvalue weighted by Crippen LogP contribution is 2.42. The van der Waals surface area contributed by atoms with Crippen molar-refractivity contribution in [3.63, 3.8) is 0 Å². The van der Waals surface area contributed by atoms with Crippen molar-refractivity contribution in [2.45, 2.75) is 12.8 Å². The number of methoxy groups -OCH3 is 1. The van der Waals surface area contributed by atoms with Crippen LogP contribution in [-0.4, -0.2) is 13.3 Å². The molecule has 2 aromatic carbocycles. The van der Waals surface area contributed by atoms with Gasteiger partial charge in [-0.3, -0.25) is 4.99 Å². The summed E-state index contributed by atoms with van der Waals surface area (Å²) in [7, 11) is 1.61. The Kier molecular flexibility index (Phi) is 6.54. The molecule has 0 aliphatic carbocycles. The van der Waals surface area contributed by atoms with E-state index in [0.29, 0.717) is 5.75 Å². The lowest BCUT2D eigenvalue weighted by atomic mass is 10.1. The summed E-state index contributed by atoms with van der Waals surface area (Å²) in [6.07, 6.45) is 5.12. The average Bonchev–Trinajstić information content (AvgIpc) is 2.53. The maximum atomic E-state index is 12.9. The first-order valence-corrected chi connectivity index (χ1v) is 8.60. The third-order valence-corrected chi connectivity index (χ3v) is 4.55. The van der Waals surface area contributed by atoms with Crippen LogP contribution in [0.2, 0.25) is 0 Å². The van der Waals surface area contributed by atoms with Gasteiger partial charge in [-0.05, 0) is 52.5 Å². The van der Waals surface area contributed by atoms with E-state index in [1.54, 1.807) is 25.3 Å². The molecule has 0 aromatic heterocycles. The van der Waals surface area contributed by atoms with E-state index in [1.165, 1.54) is 12.1 Å². The fourth-order valence-electron chi connectivity index (χ4n) is 2.16. The van der Waals surface area contributed by atoms with Crippen molar-refractivity contribution in [1.82, 2.24) is 0 Å². The topological polar surface area (TPSA) is 21.6 Å². The van der Waals surface area contributed by atoms with Crippen molar-refractivity contribution in [3.05, 3.63) is 62.8 Å². The lowest BCUT2D eigenvalue weighted by Crippen LogP contribution is -1.91. The minimum Gasteiger partial charge on any atom is -0.493 e. The molecule has 2 rings (SSSR count). The van der Waals surface area contributed by atoms with Crippen LogP contribution < -0.4 is 4.74 Å². The second kappa shape index (κ2) is 8.41. The van der Waals surface area contributed by atoms with Crippen molar-refractivity contribution in [2.24, 2.45) is 4.99 Å². The number of nitrogens with zero attached hydrogens (tertiary/aromatic N) is 1. The van der Waals surface area contributed by atoms with Crippen LogP contribution in [0.3, 0.4) is 0 Å². The molecular weight excluding hydrogens is 425 g/mol. The molecule has 2 aromatic rings. The van der Waals surface area contributed by atoms with Crippen LogP contribution in [-0.2, 0) is 6.42 Å². The highest BCUT2D eigenvalue weighted by Gasteiger charge is 2.14. The number of hydrogen-bond acceptors (Lipinski definition) is 2. The van der Waals surface area contributed by atoms with Gasteiger partial charge in [0.1, 0.15) is 11.5 Å². The van der Waals surface area contributed by atoms with Crippen LogP contribution >= 0.6 is 31.9 Å². The highest BCUT2D eigenvalue weighted by molar-refractivity contribution is 9.11. The summed E-state index contributed by atoms with van der Waals surface area (Å²) in [5.74, 6) is 0.447. The van der Waals surface area contributed by atoms with Gasteiger partial charge in [0, 0.05) is 16.3 Å². The second-order valence-corrected chi connectivity index (χ2v) is 6.53. The summed E-state index contributed by atoms with van der Waals surface area (Å²) >= 11 is 6.98. The number of ether oxygens (including phenoxy) is 1. The van der Waals surface area contributed by atoms with Gasteiger partial charge in [-0.2, -0.15) is 0 Å². The van der Waals surface area contributed by atoms with Crippen LogP contribution in [0.25, 0.3) is 6.08 Å². The largest absolute Gasteiger partial charge is 0.493 e. The standard InChI is InChI=1S/C18H16Br2FNO/c1-3-14-15(19)11-16(20)18(23-2)17(14)22-10-4-5-12-6-8-13(21)9-7-12/h3,6-11H,1,4-5H2,2H3. The lowest BCUT2D eigenvalue weighted by molar-refractivity contribution is 0.413. The zero-order chi connectivity index (χ0) is 16.8. The van der Waals surface area contributed by atoms with E-state index in [1.807, 2.05) is 12.3 Å². The Morgan fingerprint density at radius 2 is 1.91 bits per heavy atom. The molecule has 0 aliphatic heterocycles. The van der Waals surface area contributed by atoms with Gasteiger partial charge >= 0.3 is 0 Å². The van der Waals surface area contributed by atoms with Crippen molar-refractivity contribution in [1.29, 1.82) is 0 Å². The molecule has 2 nitrogen and oxygen atoms in total. The van der Waals surface area contributed by atoms with Crippen LogP contribution in [0.4, 0.5) is 10.1 Å². The Morgan fingerprint density at radius 3 is 2.52 bits per heavy atom. The summed E-state index contributed by atoms with van der Waals surface area (Å²) in [6, 6.07) is 8.42. The third kappa shape index (κ3) is 4.52. The number of aliphatic imine (C=N–C) groups is 1. The molecule has 0 fully saturated rings. The Morgan fingerprint density at radius 1 is 1.22 bits per heavy atom. The first-order valence-electron chi connectivity index (χ1n) is 7.02. The fourth-order valence-corrected chi connectivity index (χ4v) is 3.62. The van der Waals surface area contributed by atoms with Crippen LogP contribution in [0.15, 0.2) is 50.8 Å². The smallest absolute Gasteiger partial charge is 0.159 e. The van der Waals surface area contributed by atoms with Crippen LogP contribution in [0.1, 0.15) is 17.5 Å². The molecule has 0 atom stereocenters. The molecule has 23 heavy (non-hydrogen) atoms. The monoisotopic (exact) mass is 439 g/mol. The Hall–Kier alpha value is -1.46. The van der Waals surface area contributed by atoms with Gasteiger partial charge in [0.05, 0.1) is 11.6 Å². The molecule has 0 bridgehead atoms. The molecule has 0 unspecified atom stereocenters. The molecule has 120 valence electrons. The van der Waals surface area contributed by atoms with E-state index in [0.717, 1.165) is 38.6 Å². The fraction of sp³-hybridized carbons (Fsp3) is 0.167.